The molecule has 0 radical (unpaired) electrons. The summed E-state index contributed by atoms with van der Waals surface area (Å²) in [6.07, 6.45) is 2.50. The SMILES string of the molecule is COc1ccccc1[C@@H]1C2=C(C[C@H](c3ccco3)CC2=O)Nc2ccccc2N1C(=O)c1cccc2ccccc12. The molecule has 0 fully saturated rings. The number of hydrogen-bond acceptors (Lipinski definition) is 5. The Morgan fingerprint density at radius 3 is 2.51 bits per heavy atom. The normalized spacial score (nSPS) is 18.4. The lowest BCUT2D eigenvalue weighted by molar-refractivity contribution is -0.116. The smallest absolute Gasteiger partial charge is 0.259 e. The predicted octanol–water partition coefficient (Wildman–Crippen LogP) is 7.66. The number of methoxy groups -OCH3 is 1. The molecule has 0 bridgehead atoms. The van der Waals surface area contributed by atoms with Crippen molar-refractivity contribution in [3.63, 3.8) is 0 Å². The maximum Gasteiger partial charge on any atom is 0.259 e. The minimum Gasteiger partial charge on any atom is -0.496 e. The van der Waals surface area contributed by atoms with Crippen molar-refractivity contribution < 1.29 is 18.7 Å². The average Bonchev–Trinajstić information content (AvgIpc) is 3.51. The lowest BCUT2D eigenvalue weighted by atomic mass is 9.79. The van der Waals surface area contributed by atoms with Crippen LogP contribution in [0.15, 0.2) is 125 Å². The van der Waals surface area contributed by atoms with Crippen LogP contribution in [0.2, 0.25) is 0 Å². The van der Waals surface area contributed by atoms with Gasteiger partial charge in [0.2, 0.25) is 0 Å². The summed E-state index contributed by atoms with van der Waals surface area (Å²) in [7, 11) is 1.61. The topological polar surface area (TPSA) is 71.8 Å². The zero-order chi connectivity index (χ0) is 27.9. The van der Waals surface area contributed by atoms with E-state index in [9.17, 15) is 9.59 Å². The molecule has 0 saturated carbocycles. The van der Waals surface area contributed by atoms with Gasteiger partial charge in [0, 0.05) is 34.7 Å². The van der Waals surface area contributed by atoms with E-state index in [-0.39, 0.29) is 24.0 Å². The number of rotatable bonds is 4. The summed E-state index contributed by atoms with van der Waals surface area (Å²) in [6, 6.07) is 32.1. The van der Waals surface area contributed by atoms with Gasteiger partial charge < -0.3 is 14.5 Å². The second-order valence-electron chi connectivity index (χ2n) is 10.4. The summed E-state index contributed by atoms with van der Waals surface area (Å²) in [4.78, 5) is 30.8. The van der Waals surface area contributed by atoms with E-state index >= 15 is 0 Å². The average molecular weight is 541 g/mol. The molecule has 1 aliphatic carbocycles. The number of hydrogen-bond donors (Lipinski definition) is 1. The Morgan fingerprint density at radius 1 is 0.878 bits per heavy atom. The van der Waals surface area contributed by atoms with E-state index in [1.165, 1.54) is 0 Å². The molecular weight excluding hydrogens is 512 g/mol. The third kappa shape index (κ3) is 4.19. The first-order valence-electron chi connectivity index (χ1n) is 13.7. The molecular formula is C35H28N2O4. The van der Waals surface area contributed by atoms with Crippen LogP contribution < -0.4 is 15.0 Å². The third-order valence-corrected chi connectivity index (χ3v) is 8.11. The van der Waals surface area contributed by atoms with Gasteiger partial charge in [-0.1, -0.05) is 66.7 Å². The fraction of sp³-hybridized carbons (Fsp3) is 0.143. The second-order valence-corrected chi connectivity index (χ2v) is 10.4. The highest BCUT2D eigenvalue weighted by molar-refractivity contribution is 6.17. The van der Waals surface area contributed by atoms with Gasteiger partial charge in [0.15, 0.2) is 5.78 Å². The van der Waals surface area contributed by atoms with E-state index in [2.05, 4.69) is 5.32 Å². The number of allylic oxidation sites excluding steroid dienone is 1. The minimum absolute atomic E-state index is 0.0282. The summed E-state index contributed by atoms with van der Waals surface area (Å²) in [5.41, 5.74) is 4.14. The molecule has 6 heteroatoms. The summed E-state index contributed by atoms with van der Waals surface area (Å²) >= 11 is 0. The molecule has 1 amide bonds. The fourth-order valence-electron chi connectivity index (χ4n) is 6.27. The van der Waals surface area contributed by atoms with Gasteiger partial charge in [-0.2, -0.15) is 0 Å². The number of Topliss-reactive ketones (excluding diaryl/α,β-unsaturated/α-hetero) is 1. The molecule has 202 valence electrons. The Hall–Kier alpha value is -5.10. The molecule has 4 aromatic carbocycles. The van der Waals surface area contributed by atoms with Crippen molar-refractivity contribution in [1.29, 1.82) is 0 Å². The molecule has 0 spiro atoms. The highest BCUT2D eigenvalue weighted by Gasteiger charge is 2.43. The van der Waals surface area contributed by atoms with Gasteiger partial charge in [-0.3, -0.25) is 14.5 Å². The maximum absolute atomic E-state index is 14.9. The molecule has 2 atom stereocenters. The van der Waals surface area contributed by atoms with Crippen LogP contribution in [0.1, 0.15) is 46.5 Å². The van der Waals surface area contributed by atoms with E-state index < -0.39 is 6.04 Å². The Bertz CT molecular complexity index is 1820. The maximum atomic E-state index is 14.9. The first-order chi connectivity index (χ1) is 20.1. The number of furan rings is 1. The molecule has 5 aromatic rings. The standard InChI is InChI=1S/C35H28N2O4/c1-40-32-17-7-4-13-26(32)34-33-28(20-23(21-30(33)38)31-18-9-19-41-31)36-27-15-5-6-16-29(27)37(34)35(39)25-14-8-11-22-10-2-3-12-24(22)25/h2-19,23,34,36H,20-21H2,1H3/t23-,34+/m0/s1. The Labute approximate surface area is 237 Å². The number of para-hydroxylation sites is 3. The quantitative estimate of drug-likeness (QED) is 0.253. The van der Waals surface area contributed by atoms with Crippen molar-refractivity contribution >= 4 is 33.8 Å². The molecule has 0 saturated heterocycles. The molecule has 1 N–H and O–H groups in total. The number of amides is 1. The number of ketones is 1. The molecule has 1 aromatic heterocycles. The molecule has 2 aliphatic rings. The molecule has 6 nitrogen and oxygen atoms in total. The number of fused-ring (bicyclic) bond motifs is 2. The van der Waals surface area contributed by atoms with Gasteiger partial charge in [0.1, 0.15) is 11.5 Å². The van der Waals surface area contributed by atoms with Crippen LogP contribution in [0.3, 0.4) is 0 Å². The van der Waals surface area contributed by atoms with Crippen LogP contribution in [0.4, 0.5) is 11.4 Å². The van der Waals surface area contributed by atoms with Crippen LogP contribution in [-0.2, 0) is 4.79 Å². The fourth-order valence-corrected chi connectivity index (χ4v) is 6.27. The van der Waals surface area contributed by atoms with Crippen molar-refractivity contribution in [2.45, 2.75) is 24.8 Å². The van der Waals surface area contributed by atoms with E-state index in [0.29, 0.717) is 29.0 Å². The summed E-state index contributed by atoms with van der Waals surface area (Å²) < 4.78 is 11.5. The van der Waals surface area contributed by atoms with Gasteiger partial charge in [-0.25, -0.2) is 0 Å². The highest BCUT2D eigenvalue weighted by Crippen LogP contribution is 2.49. The van der Waals surface area contributed by atoms with E-state index in [1.54, 1.807) is 18.3 Å². The van der Waals surface area contributed by atoms with Gasteiger partial charge in [0.25, 0.3) is 5.91 Å². The summed E-state index contributed by atoms with van der Waals surface area (Å²) in [5.74, 6) is 1.07. The number of carbonyl (C=O) groups is 2. The third-order valence-electron chi connectivity index (χ3n) is 8.11. The van der Waals surface area contributed by atoms with Crippen molar-refractivity contribution in [2.24, 2.45) is 0 Å². The summed E-state index contributed by atoms with van der Waals surface area (Å²) in [5, 5.41) is 5.41. The van der Waals surface area contributed by atoms with Crippen molar-refractivity contribution in [1.82, 2.24) is 0 Å². The summed E-state index contributed by atoms with van der Waals surface area (Å²) in [6.45, 7) is 0. The zero-order valence-electron chi connectivity index (χ0n) is 22.5. The van der Waals surface area contributed by atoms with Gasteiger partial charge in [0.05, 0.1) is 30.8 Å². The molecule has 2 heterocycles. The number of nitrogens with zero attached hydrogens (tertiary/aromatic N) is 1. The Balaban J connectivity index is 1.49. The van der Waals surface area contributed by atoms with Crippen molar-refractivity contribution in [3.8, 4) is 5.75 Å². The molecule has 7 rings (SSSR count). The zero-order valence-corrected chi connectivity index (χ0v) is 22.5. The lowest BCUT2D eigenvalue weighted by Crippen LogP contribution is -2.38. The Kier molecular flexibility index (Phi) is 6.16. The number of carbonyl (C=O) groups excluding carboxylic acids is 2. The first kappa shape index (κ1) is 24.9. The van der Waals surface area contributed by atoms with Gasteiger partial charge >= 0.3 is 0 Å². The van der Waals surface area contributed by atoms with E-state index in [4.69, 9.17) is 9.15 Å². The highest BCUT2D eigenvalue weighted by atomic mass is 16.5. The van der Waals surface area contributed by atoms with Crippen molar-refractivity contribution in [3.05, 3.63) is 138 Å². The van der Waals surface area contributed by atoms with Crippen LogP contribution >= 0.6 is 0 Å². The first-order valence-corrected chi connectivity index (χ1v) is 13.7. The predicted molar refractivity (Wildman–Crippen MR) is 159 cm³/mol. The van der Waals surface area contributed by atoms with Crippen LogP contribution in [0.5, 0.6) is 5.75 Å². The largest absolute Gasteiger partial charge is 0.496 e. The van der Waals surface area contributed by atoms with E-state index in [0.717, 1.165) is 33.5 Å². The molecule has 1 aliphatic heterocycles. The molecule has 41 heavy (non-hydrogen) atoms. The van der Waals surface area contributed by atoms with Crippen LogP contribution in [-0.4, -0.2) is 18.8 Å². The Morgan fingerprint density at radius 2 is 1.66 bits per heavy atom. The number of nitrogens with one attached hydrogen (secondary N) is 1. The van der Waals surface area contributed by atoms with Crippen molar-refractivity contribution in [2.75, 3.05) is 17.3 Å². The number of ether oxygens (including phenoxy) is 1. The molecule has 0 unspecified atom stereocenters. The van der Waals surface area contributed by atoms with Crippen LogP contribution in [0, 0.1) is 0 Å². The van der Waals surface area contributed by atoms with Gasteiger partial charge in [-0.15, -0.1) is 0 Å². The number of benzene rings is 4. The monoisotopic (exact) mass is 540 g/mol. The second kappa shape index (κ2) is 10.1. The lowest BCUT2D eigenvalue weighted by Gasteiger charge is -2.35. The number of anilines is 2. The van der Waals surface area contributed by atoms with E-state index in [1.807, 2.05) is 103 Å². The van der Waals surface area contributed by atoms with Gasteiger partial charge in [-0.05, 0) is 53.6 Å². The van der Waals surface area contributed by atoms with Crippen LogP contribution in [0.25, 0.3) is 10.8 Å². The minimum atomic E-state index is -0.714.